The van der Waals surface area contributed by atoms with E-state index < -0.39 is 18.6 Å². The lowest BCUT2D eigenvalue weighted by atomic mass is 10.1. The first-order chi connectivity index (χ1) is 8.78. The van der Waals surface area contributed by atoms with Gasteiger partial charge in [0, 0.05) is 11.1 Å². The Bertz CT molecular complexity index is 437. The lowest BCUT2D eigenvalue weighted by Crippen LogP contribution is -2.39. The van der Waals surface area contributed by atoms with Crippen molar-refractivity contribution in [1.29, 1.82) is 0 Å². The lowest BCUT2D eigenvalue weighted by Gasteiger charge is -2.15. The van der Waals surface area contributed by atoms with Crippen molar-refractivity contribution in [2.75, 3.05) is 13.1 Å². The van der Waals surface area contributed by atoms with Crippen LogP contribution in [0.25, 0.3) is 0 Å². The molecule has 0 bridgehead atoms. The highest BCUT2D eigenvalue weighted by molar-refractivity contribution is 6.30. The number of amides is 1. The third-order valence-electron chi connectivity index (χ3n) is 2.40. The number of rotatable bonds is 5. The third kappa shape index (κ3) is 6.45. The van der Waals surface area contributed by atoms with Crippen molar-refractivity contribution < 1.29 is 18.0 Å². The molecule has 0 radical (unpaired) electrons. The van der Waals surface area contributed by atoms with Gasteiger partial charge in [0.05, 0.1) is 6.54 Å². The maximum absolute atomic E-state index is 11.9. The topological polar surface area (TPSA) is 41.1 Å². The second-order valence-corrected chi connectivity index (χ2v) is 4.49. The summed E-state index contributed by atoms with van der Waals surface area (Å²) in [6.07, 6.45) is -4.39. The molecule has 1 unspecified atom stereocenters. The van der Waals surface area contributed by atoms with Crippen LogP contribution in [-0.2, 0) is 4.79 Å². The molecule has 0 aromatic heterocycles. The van der Waals surface area contributed by atoms with Crippen LogP contribution >= 0.6 is 11.6 Å². The van der Waals surface area contributed by atoms with E-state index in [4.69, 9.17) is 11.6 Å². The summed E-state index contributed by atoms with van der Waals surface area (Å²) < 4.78 is 35.6. The second-order valence-electron chi connectivity index (χ2n) is 4.05. The van der Waals surface area contributed by atoms with Gasteiger partial charge in [-0.05, 0) is 24.6 Å². The Kier molecular flexibility index (Phi) is 5.62. The highest BCUT2D eigenvalue weighted by Crippen LogP contribution is 2.17. The molecule has 0 saturated heterocycles. The fraction of sp³-hybridized carbons (Fsp3) is 0.417. The van der Waals surface area contributed by atoms with Crippen molar-refractivity contribution in [1.82, 2.24) is 10.6 Å². The average Bonchev–Trinajstić information content (AvgIpc) is 2.32. The van der Waals surface area contributed by atoms with E-state index in [1.54, 1.807) is 30.4 Å². The van der Waals surface area contributed by atoms with Gasteiger partial charge in [0.2, 0.25) is 5.91 Å². The monoisotopic (exact) mass is 294 g/mol. The molecule has 7 heteroatoms. The predicted molar refractivity (Wildman–Crippen MR) is 66.9 cm³/mol. The molecule has 1 rings (SSSR count). The Morgan fingerprint density at radius 2 is 2.11 bits per heavy atom. The molecule has 1 aromatic rings. The average molecular weight is 295 g/mol. The molecule has 0 spiro atoms. The van der Waals surface area contributed by atoms with Crippen molar-refractivity contribution in [2.24, 2.45) is 0 Å². The molecule has 0 saturated carbocycles. The zero-order valence-electron chi connectivity index (χ0n) is 10.2. The van der Waals surface area contributed by atoms with E-state index in [-0.39, 0.29) is 12.6 Å². The Hall–Kier alpha value is -1.27. The van der Waals surface area contributed by atoms with Crippen LogP contribution in [-0.4, -0.2) is 25.2 Å². The molecule has 1 aromatic carbocycles. The van der Waals surface area contributed by atoms with Crippen molar-refractivity contribution in [3.05, 3.63) is 34.9 Å². The highest BCUT2D eigenvalue weighted by atomic mass is 35.5. The molecule has 2 N–H and O–H groups in total. The zero-order valence-corrected chi connectivity index (χ0v) is 11.0. The van der Waals surface area contributed by atoms with E-state index in [2.05, 4.69) is 5.32 Å². The number of nitrogens with one attached hydrogen (secondary N) is 2. The van der Waals surface area contributed by atoms with E-state index in [9.17, 15) is 18.0 Å². The molecular formula is C12H14ClF3N2O. The molecule has 3 nitrogen and oxygen atoms in total. The minimum atomic E-state index is -4.39. The van der Waals surface area contributed by atoms with Gasteiger partial charge in [0.1, 0.15) is 6.54 Å². The molecule has 106 valence electrons. The van der Waals surface area contributed by atoms with Crippen molar-refractivity contribution >= 4 is 17.5 Å². The zero-order chi connectivity index (χ0) is 14.5. The molecule has 0 fully saturated rings. The smallest absolute Gasteiger partial charge is 0.346 e. The second kappa shape index (κ2) is 6.77. The molecule has 0 heterocycles. The van der Waals surface area contributed by atoms with Crippen LogP contribution in [0.15, 0.2) is 24.3 Å². The van der Waals surface area contributed by atoms with E-state index in [1.165, 1.54) is 0 Å². The largest absolute Gasteiger partial charge is 0.405 e. The van der Waals surface area contributed by atoms with E-state index in [1.807, 2.05) is 6.07 Å². The van der Waals surface area contributed by atoms with Crippen molar-refractivity contribution in [3.8, 4) is 0 Å². The van der Waals surface area contributed by atoms with Crippen LogP contribution in [0.3, 0.4) is 0 Å². The van der Waals surface area contributed by atoms with Crippen molar-refractivity contribution in [3.63, 3.8) is 0 Å². The summed E-state index contributed by atoms with van der Waals surface area (Å²) in [4.78, 5) is 11.2. The number of halogens is 4. The number of benzene rings is 1. The fourth-order valence-corrected chi connectivity index (χ4v) is 1.60. The SMILES string of the molecule is CC(NCC(=O)NCC(F)(F)F)c1cccc(Cl)c1. The van der Waals surface area contributed by atoms with Crippen LogP contribution in [0.1, 0.15) is 18.5 Å². The summed E-state index contributed by atoms with van der Waals surface area (Å²) >= 11 is 5.82. The fourth-order valence-electron chi connectivity index (χ4n) is 1.40. The van der Waals surface area contributed by atoms with Gasteiger partial charge < -0.3 is 10.6 Å². The van der Waals surface area contributed by atoms with Gasteiger partial charge in [0.15, 0.2) is 0 Å². The Morgan fingerprint density at radius 3 is 2.68 bits per heavy atom. The van der Waals surface area contributed by atoms with Gasteiger partial charge in [-0.3, -0.25) is 4.79 Å². The number of carbonyl (C=O) groups excluding carboxylic acids is 1. The summed E-state index contributed by atoms with van der Waals surface area (Å²) in [7, 11) is 0. The van der Waals surface area contributed by atoms with Crippen molar-refractivity contribution in [2.45, 2.75) is 19.1 Å². The van der Waals surface area contributed by atoms with Gasteiger partial charge in [-0.1, -0.05) is 23.7 Å². The number of hydrogen-bond acceptors (Lipinski definition) is 2. The van der Waals surface area contributed by atoms with Gasteiger partial charge in [0.25, 0.3) is 0 Å². The van der Waals surface area contributed by atoms with Gasteiger partial charge >= 0.3 is 6.18 Å². The van der Waals surface area contributed by atoms with Crippen LogP contribution in [0.5, 0.6) is 0 Å². The first kappa shape index (κ1) is 15.8. The molecule has 1 amide bonds. The number of alkyl halides is 3. The Balaban J connectivity index is 2.38. The Labute approximate surface area is 114 Å². The summed E-state index contributed by atoms with van der Waals surface area (Å²) in [5, 5.41) is 5.18. The van der Waals surface area contributed by atoms with E-state index in [0.29, 0.717) is 5.02 Å². The minimum absolute atomic E-state index is 0.185. The van der Waals surface area contributed by atoms with Crippen LogP contribution < -0.4 is 10.6 Å². The molecule has 19 heavy (non-hydrogen) atoms. The number of carbonyl (C=O) groups is 1. The van der Waals surface area contributed by atoms with Gasteiger partial charge in [-0.15, -0.1) is 0 Å². The molecule has 0 aliphatic rings. The number of hydrogen-bond donors (Lipinski definition) is 2. The standard InChI is InChI=1S/C12H14ClF3N2O/c1-8(9-3-2-4-10(13)5-9)17-6-11(19)18-7-12(14,15)16/h2-5,8,17H,6-7H2,1H3,(H,18,19). The van der Waals surface area contributed by atoms with Gasteiger partial charge in [-0.2, -0.15) is 13.2 Å². The first-order valence-corrected chi connectivity index (χ1v) is 5.98. The summed E-state index contributed by atoms with van der Waals surface area (Å²) in [6.45, 7) is 0.283. The Morgan fingerprint density at radius 1 is 1.42 bits per heavy atom. The third-order valence-corrected chi connectivity index (χ3v) is 2.64. The molecule has 1 atom stereocenters. The first-order valence-electron chi connectivity index (χ1n) is 5.60. The van der Waals surface area contributed by atoms with E-state index in [0.717, 1.165) is 5.56 Å². The predicted octanol–water partition coefficient (Wildman–Crippen LogP) is 2.67. The molecule has 0 aliphatic heterocycles. The summed E-state index contributed by atoms with van der Waals surface area (Å²) in [5.74, 6) is -0.703. The minimum Gasteiger partial charge on any atom is -0.346 e. The van der Waals surface area contributed by atoms with Crippen LogP contribution in [0, 0.1) is 0 Å². The quantitative estimate of drug-likeness (QED) is 0.876. The van der Waals surface area contributed by atoms with Crippen LogP contribution in [0.2, 0.25) is 5.02 Å². The summed E-state index contributed by atoms with van der Waals surface area (Å²) in [5.41, 5.74) is 0.858. The summed E-state index contributed by atoms with van der Waals surface area (Å²) in [6, 6.07) is 6.84. The van der Waals surface area contributed by atoms with E-state index >= 15 is 0 Å². The lowest BCUT2D eigenvalue weighted by molar-refractivity contribution is -0.137. The highest BCUT2D eigenvalue weighted by Gasteiger charge is 2.27. The maximum atomic E-state index is 11.9. The van der Waals surface area contributed by atoms with Gasteiger partial charge in [-0.25, -0.2) is 0 Å². The normalized spacial score (nSPS) is 13.1. The van der Waals surface area contributed by atoms with Crippen LogP contribution in [0.4, 0.5) is 13.2 Å². The molecule has 0 aliphatic carbocycles. The molecular weight excluding hydrogens is 281 g/mol. The maximum Gasteiger partial charge on any atom is 0.405 e.